The maximum absolute atomic E-state index is 5.48. The van der Waals surface area contributed by atoms with Crippen molar-refractivity contribution in [3.8, 4) is 5.88 Å². The first kappa shape index (κ1) is 13.0. The maximum Gasteiger partial charge on any atom is 0.216 e. The summed E-state index contributed by atoms with van der Waals surface area (Å²) in [5, 5.41) is 3.46. The van der Waals surface area contributed by atoms with Gasteiger partial charge in [0.25, 0.3) is 0 Å². The minimum Gasteiger partial charge on any atom is -0.478 e. The van der Waals surface area contributed by atoms with Crippen molar-refractivity contribution in [2.75, 3.05) is 13.2 Å². The molecule has 1 heterocycles. The van der Waals surface area contributed by atoms with Gasteiger partial charge in [0, 0.05) is 17.3 Å². The number of aromatic nitrogens is 1. The van der Waals surface area contributed by atoms with Gasteiger partial charge in [-0.25, -0.2) is 4.98 Å². The van der Waals surface area contributed by atoms with E-state index in [9.17, 15) is 0 Å². The Morgan fingerprint density at radius 3 is 2.75 bits per heavy atom. The molecule has 0 spiro atoms. The number of nitrogens with zero attached hydrogens (tertiary/aromatic N) is 1. The van der Waals surface area contributed by atoms with Crippen molar-refractivity contribution in [2.45, 2.75) is 39.7 Å². The lowest BCUT2D eigenvalue weighted by Crippen LogP contribution is -2.37. The molecule has 1 aromatic rings. The van der Waals surface area contributed by atoms with E-state index in [0.717, 1.165) is 18.8 Å². The van der Waals surface area contributed by atoms with Crippen molar-refractivity contribution in [1.82, 2.24) is 10.3 Å². The quantitative estimate of drug-likeness (QED) is 0.830. The van der Waals surface area contributed by atoms with E-state index in [1.165, 1.54) is 5.56 Å². The zero-order valence-electron chi connectivity index (χ0n) is 10.7. The minimum atomic E-state index is 0.161. The van der Waals surface area contributed by atoms with E-state index < -0.39 is 0 Å². The Kier molecular flexibility index (Phi) is 4.74. The lowest BCUT2D eigenvalue weighted by molar-refractivity contribution is 0.322. The Labute approximate surface area is 98.2 Å². The summed E-state index contributed by atoms with van der Waals surface area (Å²) < 4.78 is 5.48. The maximum atomic E-state index is 5.48. The van der Waals surface area contributed by atoms with Crippen LogP contribution in [0.5, 0.6) is 5.88 Å². The highest BCUT2D eigenvalue weighted by Gasteiger charge is 2.09. The predicted octanol–water partition coefficient (Wildman–Crippen LogP) is 2.41. The summed E-state index contributed by atoms with van der Waals surface area (Å²) in [4.78, 5) is 4.23. The summed E-state index contributed by atoms with van der Waals surface area (Å²) in [6.07, 6.45) is 2.71. The SMILES string of the molecule is CCOc1ncccc1CCNC(C)(C)C. The smallest absolute Gasteiger partial charge is 0.216 e. The van der Waals surface area contributed by atoms with Crippen molar-refractivity contribution in [3.05, 3.63) is 23.9 Å². The van der Waals surface area contributed by atoms with Gasteiger partial charge in [-0.15, -0.1) is 0 Å². The molecule has 0 fully saturated rings. The van der Waals surface area contributed by atoms with E-state index in [1.807, 2.05) is 13.0 Å². The largest absolute Gasteiger partial charge is 0.478 e. The summed E-state index contributed by atoms with van der Waals surface area (Å²) in [7, 11) is 0. The van der Waals surface area contributed by atoms with Crippen LogP contribution in [0.15, 0.2) is 18.3 Å². The average molecular weight is 222 g/mol. The topological polar surface area (TPSA) is 34.1 Å². The molecule has 0 saturated heterocycles. The van der Waals surface area contributed by atoms with Gasteiger partial charge in [-0.05, 0) is 46.7 Å². The monoisotopic (exact) mass is 222 g/mol. The van der Waals surface area contributed by atoms with Crippen LogP contribution in [0.3, 0.4) is 0 Å². The van der Waals surface area contributed by atoms with E-state index in [0.29, 0.717) is 6.61 Å². The highest BCUT2D eigenvalue weighted by Crippen LogP contribution is 2.14. The van der Waals surface area contributed by atoms with Crippen molar-refractivity contribution in [2.24, 2.45) is 0 Å². The van der Waals surface area contributed by atoms with E-state index in [-0.39, 0.29) is 5.54 Å². The minimum absolute atomic E-state index is 0.161. The van der Waals surface area contributed by atoms with Crippen LogP contribution in [-0.2, 0) is 6.42 Å². The number of hydrogen-bond donors (Lipinski definition) is 1. The first-order valence-electron chi connectivity index (χ1n) is 5.84. The van der Waals surface area contributed by atoms with E-state index >= 15 is 0 Å². The van der Waals surface area contributed by atoms with Crippen LogP contribution in [0.2, 0.25) is 0 Å². The third-order valence-electron chi connectivity index (χ3n) is 2.18. The third kappa shape index (κ3) is 4.62. The fraction of sp³-hybridized carbons (Fsp3) is 0.615. The third-order valence-corrected chi connectivity index (χ3v) is 2.18. The van der Waals surface area contributed by atoms with E-state index in [1.54, 1.807) is 6.20 Å². The second-order valence-corrected chi connectivity index (χ2v) is 4.83. The first-order valence-corrected chi connectivity index (χ1v) is 5.84. The van der Waals surface area contributed by atoms with Crippen LogP contribution in [0, 0.1) is 0 Å². The second kappa shape index (κ2) is 5.85. The van der Waals surface area contributed by atoms with Gasteiger partial charge in [-0.1, -0.05) is 6.07 Å². The summed E-state index contributed by atoms with van der Waals surface area (Å²) in [6.45, 7) is 10.1. The Hall–Kier alpha value is -1.09. The summed E-state index contributed by atoms with van der Waals surface area (Å²) in [5.41, 5.74) is 1.33. The molecular weight excluding hydrogens is 200 g/mol. The molecule has 1 rings (SSSR count). The van der Waals surface area contributed by atoms with E-state index in [4.69, 9.17) is 4.74 Å². The van der Waals surface area contributed by atoms with Gasteiger partial charge in [0.05, 0.1) is 6.61 Å². The van der Waals surface area contributed by atoms with Crippen LogP contribution >= 0.6 is 0 Å². The molecule has 0 bridgehead atoms. The molecule has 0 aliphatic carbocycles. The molecule has 16 heavy (non-hydrogen) atoms. The fourth-order valence-corrected chi connectivity index (χ4v) is 1.45. The summed E-state index contributed by atoms with van der Waals surface area (Å²) in [5.74, 6) is 0.765. The van der Waals surface area contributed by atoms with Gasteiger partial charge in [-0.3, -0.25) is 0 Å². The highest BCUT2D eigenvalue weighted by atomic mass is 16.5. The summed E-state index contributed by atoms with van der Waals surface area (Å²) >= 11 is 0. The Morgan fingerprint density at radius 2 is 2.12 bits per heavy atom. The molecule has 1 aromatic heterocycles. The molecule has 0 saturated carbocycles. The Morgan fingerprint density at radius 1 is 1.38 bits per heavy atom. The number of ether oxygens (including phenoxy) is 1. The fourth-order valence-electron chi connectivity index (χ4n) is 1.45. The predicted molar refractivity (Wildman–Crippen MR) is 66.9 cm³/mol. The summed E-state index contributed by atoms with van der Waals surface area (Å²) in [6, 6.07) is 4.03. The van der Waals surface area contributed by atoms with Gasteiger partial charge >= 0.3 is 0 Å². The van der Waals surface area contributed by atoms with Crippen LogP contribution < -0.4 is 10.1 Å². The van der Waals surface area contributed by atoms with Gasteiger partial charge in [-0.2, -0.15) is 0 Å². The van der Waals surface area contributed by atoms with Crippen molar-refractivity contribution in [1.29, 1.82) is 0 Å². The molecule has 0 aliphatic heterocycles. The molecule has 3 nitrogen and oxygen atoms in total. The lowest BCUT2D eigenvalue weighted by atomic mass is 10.1. The van der Waals surface area contributed by atoms with Gasteiger partial charge in [0.15, 0.2) is 0 Å². The first-order chi connectivity index (χ1) is 7.53. The lowest BCUT2D eigenvalue weighted by Gasteiger charge is -2.20. The molecule has 0 aromatic carbocycles. The zero-order valence-corrected chi connectivity index (χ0v) is 10.7. The highest BCUT2D eigenvalue weighted by molar-refractivity contribution is 5.25. The van der Waals surface area contributed by atoms with E-state index in [2.05, 4.69) is 37.1 Å². The van der Waals surface area contributed by atoms with Crippen molar-refractivity contribution >= 4 is 0 Å². The Bertz CT molecular complexity index is 318. The van der Waals surface area contributed by atoms with Crippen LogP contribution in [0.4, 0.5) is 0 Å². The van der Waals surface area contributed by atoms with Crippen molar-refractivity contribution in [3.63, 3.8) is 0 Å². The number of pyridine rings is 1. The molecule has 0 amide bonds. The molecule has 90 valence electrons. The van der Waals surface area contributed by atoms with Crippen LogP contribution in [-0.4, -0.2) is 23.7 Å². The normalized spacial score (nSPS) is 11.5. The molecule has 0 atom stereocenters. The second-order valence-electron chi connectivity index (χ2n) is 4.83. The molecule has 0 radical (unpaired) electrons. The van der Waals surface area contributed by atoms with Gasteiger partial charge in [0.2, 0.25) is 5.88 Å². The number of rotatable bonds is 5. The zero-order chi connectivity index (χ0) is 12.0. The van der Waals surface area contributed by atoms with Gasteiger partial charge < -0.3 is 10.1 Å². The molecule has 3 heteroatoms. The average Bonchev–Trinajstić information content (AvgIpc) is 2.19. The Balaban J connectivity index is 2.52. The molecule has 1 N–H and O–H groups in total. The molecular formula is C13H22N2O. The van der Waals surface area contributed by atoms with Crippen LogP contribution in [0.1, 0.15) is 33.3 Å². The number of nitrogens with one attached hydrogen (secondary N) is 1. The number of hydrogen-bond acceptors (Lipinski definition) is 3. The van der Waals surface area contributed by atoms with Crippen LogP contribution in [0.25, 0.3) is 0 Å². The molecule has 0 aliphatic rings. The van der Waals surface area contributed by atoms with Crippen molar-refractivity contribution < 1.29 is 4.74 Å². The standard InChI is InChI=1S/C13H22N2O/c1-5-16-12-11(7-6-9-14-12)8-10-15-13(2,3)4/h6-7,9,15H,5,8,10H2,1-4H3. The van der Waals surface area contributed by atoms with Gasteiger partial charge in [0.1, 0.15) is 0 Å². The molecule has 0 unspecified atom stereocenters.